The number of nitro benzene ring substituents is 1. The third kappa shape index (κ3) is 7.96. The van der Waals surface area contributed by atoms with Crippen molar-refractivity contribution in [3.8, 4) is 0 Å². The summed E-state index contributed by atoms with van der Waals surface area (Å²) in [5.74, 6) is -1.06. The predicted molar refractivity (Wildman–Crippen MR) is 158 cm³/mol. The van der Waals surface area contributed by atoms with Crippen LogP contribution in [0.5, 0.6) is 0 Å². The summed E-state index contributed by atoms with van der Waals surface area (Å²) in [7, 11) is -4.37. The fourth-order valence-corrected chi connectivity index (χ4v) is 5.84. The van der Waals surface area contributed by atoms with Crippen molar-refractivity contribution in [1.82, 2.24) is 10.2 Å². The Morgan fingerprint density at radius 3 is 2.15 bits per heavy atom. The van der Waals surface area contributed by atoms with E-state index in [9.17, 15) is 28.1 Å². The number of non-ortho nitro benzene ring substituents is 1. The van der Waals surface area contributed by atoms with Gasteiger partial charge in [0.05, 0.1) is 15.5 Å². The highest BCUT2D eigenvalue weighted by atomic mass is 35.5. The number of nitrogens with zero attached hydrogens (tertiary/aromatic N) is 3. The van der Waals surface area contributed by atoms with Crippen LogP contribution >= 0.6 is 23.2 Å². The SMILES string of the molecule is CC(C)CNC(=O)[C@@H](C)N(Cc1c(Cl)cccc1Cl)C(=O)CN(c1cccc([N+](=O)[O-])c1)S(=O)(=O)c1ccccc1. The monoisotopic (exact) mass is 620 g/mol. The van der Waals surface area contributed by atoms with Crippen LogP contribution in [0.4, 0.5) is 11.4 Å². The van der Waals surface area contributed by atoms with Gasteiger partial charge in [-0.2, -0.15) is 0 Å². The summed E-state index contributed by atoms with van der Waals surface area (Å²) in [6, 6.07) is 16.1. The average Bonchev–Trinajstić information content (AvgIpc) is 2.94. The first-order chi connectivity index (χ1) is 19.3. The highest BCUT2D eigenvalue weighted by Gasteiger charge is 2.33. The van der Waals surface area contributed by atoms with Gasteiger partial charge in [-0.15, -0.1) is 0 Å². The van der Waals surface area contributed by atoms with Gasteiger partial charge in [0.25, 0.3) is 15.7 Å². The summed E-state index contributed by atoms with van der Waals surface area (Å²) in [6.07, 6.45) is 0. The van der Waals surface area contributed by atoms with Crippen LogP contribution in [-0.2, 0) is 26.2 Å². The molecule has 3 rings (SSSR count). The lowest BCUT2D eigenvalue weighted by Gasteiger charge is -2.32. The highest BCUT2D eigenvalue weighted by Crippen LogP contribution is 2.29. The number of nitro groups is 1. The summed E-state index contributed by atoms with van der Waals surface area (Å²) < 4.78 is 28.4. The molecule has 0 spiro atoms. The summed E-state index contributed by atoms with van der Waals surface area (Å²) >= 11 is 12.7. The van der Waals surface area contributed by atoms with Gasteiger partial charge in [-0.1, -0.05) is 67.4 Å². The van der Waals surface area contributed by atoms with Crippen molar-refractivity contribution in [2.45, 2.75) is 38.3 Å². The molecule has 0 fully saturated rings. The minimum absolute atomic E-state index is 0.0935. The van der Waals surface area contributed by atoms with E-state index < -0.39 is 39.3 Å². The van der Waals surface area contributed by atoms with Crippen LogP contribution in [0.25, 0.3) is 0 Å². The molecule has 1 atom stereocenters. The standard InChI is InChI=1S/C28H30Cl2N4O6S/c1-19(2)16-31-28(36)20(3)32(17-24-25(29)13-8-14-26(24)30)27(35)18-33(21-9-7-10-22(15-21)34(37)38)41(39,40)23-11-5-4-6-12-23/h4-15,19-20H,16-18H2,1-3H3,(H,31,36)/t20-/m1/s1. The van der Waals surface area contributed by atoms with Gasteiger partial charge in [0, 0.05) is 40.8 Å². The van der Waals surface area contributed by atoms with Crippen molar-refractivity contribution >= 4 is 56.4 Å². The van der Waals surface area contributed by atoms with Crippen LogP contribution in [0, 0.1) is 16.0 Å². The second kappa shape index (κ2) is 13.8. The number of anilines is 1. The van der Waals surface area contributed by atoms with E-state index >= 15 is 0 Å². The number of sulfonamides is 1. The maximum atomic E-state index is 14.0. The molecule has 218 valence electrons. The van der Waals surface area contributed by atoms with Crippen molar-refractivity contribution in [1.29, 1.82) is 0 Å². The molecule has 1 N–H and O–H groups in total. The van der Waals surface area contributed by atoms with Gasteiger partial charge in [0.1, 0.15) is 12.6 Å². The average molecular weight is 622 g/mol. The molecule has 0 saturated carbocycles. The van der Waals surface area contributed by atoms with Crippen LogP contribution in [0.1, 0.15) is 26.3 Å². The summed E-state index contributed by atoms with van der Waals surface area (Å²) in [5.41, 5.74) is -0.0751. The Kier molecular flexibility index (Phi) is 10.7. The lowest BCUT2D eigenvalue weighted by molar-refractivity contribution is -0.384. The fourth-order valence-electron chi connectivity index (χ4n) is 3.90. The molecule has 3 aromatic rings. The van der Waals surface area contributed by atoms with Gasteiger partial charge in [-0.25, -0.2) is 8.42 Å². The van der Waals surface area contributed by atoms with Crippen molar-refractivity contribution in [3.05, 3.63) is 98.5 Å². The molecule has 0 saturated heterocycles. The van der Waals surface area contributed by atoms with Crippen LogP contribution in [0.15, 0.2) is 77.7 Å². The lowest BCUT2D eigenvalue weighted by Crippen LogP contribution is -2.51. The van der Waals surface area contributed by atoms with Crippen molar-refractivity contribution in [3.63, 3.8) is 0 Å². The van der Waals surface area contributed by atoms with E-state index in [1.165, 1.54) is 54.3 Å². The zero-order valence-electron chi connectivity index (χ0n) is 22.7. The molecule has 41 heavy (non-hydrogen) atoms. The molecule has 0 unspecified atom stereocenters. The molecule has 10 nitrogen and oxygen atoms in total. The Bertz CT molecular complexity index is 1500. The molecule has 0 aliphatic carbocycles. The van der Waals surface area contributed by atoms with Crippen molar-refractivity contribution in [2.75, 3.05) is 17.4 Å². The van der Waals surface area contributed by atoms with Gasteiger partial charge in [0.2, 0.25) is 11.8 Å². The van der Waals surface area contributed by atoms with Gasteiger partial charge in [-0.3, -0.25) is 24.0 Å². The van der Waals surface area contributed by atoms with Gasteiger partial charge >= 0.3 is 0 Å². The minimum Gasteiger partial charge on any atom is -0.354 e. The molecule has 0 aliphatic rings. The number of nitrogens with one attached hydrogen (secondary N) is 1. The van der Waals surface area contributed by atoms with Crippen molar-refractivity contribution in [2.24, 2.45) is 5.92 Å². The van der Waals surface area contributed by atoms with E-state index in [0.29, 0.717) is 12.1 Å². The Morgan fingerprint density at radius 2 is 1.56 bits per heavy atom. The fraction of sp³-hybridized carbons (Fsp3) is 0.286. The first kappa shape index (κ1) is 31.9. The van der Waals surface area contributed by atoms with Gasteiger partial charge in [-0.05, 0) is 43.2 Å². The Balaban J connectivity index is 2.08. The number of amides is 2. The van der Waals surface area contributed by atoms with Crippen LogP contribution in [0.3, 0.4) is 0 Å². The predicted octanol–water partition coefficient (Wildman–Crippen LogP) is 5.29. The maximum Gasteiger partial charge on any atom is 0.271 e. The second-order valence-corrected chi connectivity index (χ2v) is 12.3. The number of benzene rings is 3. The smallest absolute Gasteiger partial charge is 0.271 e. The summed E-state index contributed by atoms with van der Waals surface area (Å²) in [6.45, 7) is 4.76. The van der Waals surface area contributed by atoms with Gasteiger partial charge < -0.3 is 10.2 Å². The quantitative estimate of drug-likeness (QED) is 0.216. The minimum atomic E-state index is -4.37. The maximum absolute atomic E-state index is 14.0. The molecule has 0 aliphatic heterocycles. The molecule has 2 amide bonds. The molecular weight excluding hydrogens is 591 g/mol. The topological polar surface area (TPSA) is 130 Å². The Morgan fingerprint density at radius 1 is 0.951 bits per heavy atom. The Hall–Kier alpha value is -3.67. The first-order valence-corrected chi connectivity index (χ1v) is 14.8. The van der Waals surface area contributed by atoms with Crippen LogP contribution in [-0.4, -0.2) is 49.2 Å². The highest BCUT2D eigenvalue weighted by molar-refractivity contribution is 7.92. The molecule has 13 heteroatoms. The number of rotatable bonds is 12. The first-order valence-electron chi connectivity index (χ1n) is 12.6. The summed E-state index contributed by atoms with van der Waals surface area (Å²) in [5, 5.41) is 14.8. The number of hydrogen-bond donors (Lipinski definition) is 1. The number of halogens is 2. The zero-order valence-corrected chi connectivity index (χ0v) is 25.0. The molecule has 0 bridgehead atoms. The third-order valence-corrected chi connectivity index (χ3v) is 8.68. The van der Waals surface area contributed by atoms with Crippen LogP contribution < -0.4 is 9.62 Å². The number of carbonyl (C=O) groups is 2. The van der Waals surface area contributed by atoms with Crippen molar-refractivity contribution < 1.29 is 22.9 Å². The normalized spacial score (nSPS) is 12.0. The van der Waals surface area contributed by atoms with Gasteiger partial charge in [0.15, 0.2) is 0 Å². The molecule has 3 aromatic carbocycles. The van der Waals surface area contributed by atoms with E-state index in [1.807, 2.05) is 13.8 Å². The number of hydrogen-bond acceptors (Lipinski definition) is 6. The zero-order chi connectivity index (χ0) is 30.3. The lowest BCUT2D eigenvalue weighted by atomic mass is 10.1. The molecule has 0 aromatic heterocycles. The van der Waals surface area contributed by atoms with Crippen LogP contribution in [0.2, 0.25) is 10.0 Å². The molecular formula is C28H30Cl2N4O6S. The summed E-state index contributed by atoms with van der Waals surface area (Å²) in [4.78, 5) is 38.9. The Labute approximate surface area is 249 Å². The molecule has 0 radical (unpaired) electrons. The third-order valence-electron chi connectivity index (χ3n) is 6.18. The second-order valence-electron chi connectivity index (χ2n) is 9.64. The molecule has 0 heterocycles. The van der Waals surface area contributed by atoms with E-state index in [4.69, 9.17) is 23.2 Å². The van der Waals surface area contributed by atoms with E-state index in [-0.39, 0.29) is 38.8 Å². The van der Waals surface area contributed by atoms with E-state index in [2.05, 4.69) is 5.32 Å². The van der Waals surface area contributed by atoms with E-state index in [0.717, 1.165) is 10.4 Å². The van der Waals surface area contributed by atoms with E-state index in [1.54, 1.807) is 24.3 Å². The number of carbonyl (C=O) groups excluding carboxylic acids is 2. The largest absolute Gasteiger partial charge is 0.354 e.